The SMILES string of the molecule is CC(C)CCCC(=O)C1Cc2ccccc2C1. The van der Waals surface area contributed by atoms with E-state index in [9.17, 15) is 4.79 Å². The number of Topliss-reactive ketones (excluding diaryl/α,β-unsaturated/α-hetero) is 1. The molecule has 0 spiro atoms. The lowest BCUT2D eigenvalue weighted by Crippen LogP contribution is -2.14. The van der Waals surface area contributed by atoms with Gasteiger partial charge < -0.3 is 0 Å². The van der Waals surface area contributed by atoms with Crippen LogP contribution in [0.4, 0.5) is 0 Å². The highest BCUT2D eigenvalue weighted by Gasteiger charge is 2.26. The molecule has 17 heavy (non-hydrogen) atoms. The van der Waals surface area contributed by atoms with Gasteiger partial charge in [-0.1, -0.05) is 44.5 Å². The van der Waals surface area contributed by atoms with E-state index in [-0.39, 0.29) is 5.92 Å². The summed E-state index contributed by atoms with van der Waals surface area (Å²) in [6.07, 6.45) is 4.94. The minimum Gasteiger partial charge on any atom is -0.299 e. The number of carbonyl (C=O) groups is 1. The zero-order valence-electron chi connectivity index (χ0n) is 10.9. The summed E-state index contributed by atoms with van der Waals surface area (Å²) in [6, 6.07) is 8.47. The Balaban J connectivity index is 1.84. The van der Waals surface area contributed by atoms with E-state index in [4.69, 9.17) is 0 Å². The van der Waals surface area contributed by atoms with Crippen molar-refractivity contribution in [1.29, 1.82) is 0 Å². The number of benzene rings is 1. The number of hydrogen-bond donors (Lipinski definition) is 0. The molecule has 1 aromatic carbocycles. The van der Waals surface area contributed by atoms with Crippen molar-refractivity contribution in [3.8, 4) is 0 Å². The first-order chi connectivity index (χ1) is 8.16. The van der Waals surface area contributed by atoms with E-state index in [1.54, 1.807) is 0 Å². The maximum absolute atomic E-state index is 12.1. The van der Waals surface area contributed by atoms with Crippen LogP contribution >= 0.6 is 0 Å². The van der Waals surface area contributed by atoms with E-state index in [0.717, 1.165) is 25.7 Å². The molecule has 0 amide bonds. The smallest absolute Gasteiger partial charge is 0.136 e. The highest BCUT2D eigenvalue weighted by Crippen LogP contribution is 2.28. The van der Waals surface area contributed by atoms with Gasteiger partial charge in [-0.3, -0.25) is 4.79 Å². The van der Waals surface area contributed by atoms with Gasteiger partial charge in [-0.15, -0.1) is 0 Å². The molecule has 1 aliphatic carbocycles. The minimum absolute atomic E-state index is 0.263. The van der Waals surface area contributed by atoms with Crippen LogP contribution in [0.25, 0.3) is 0 Å². The van der Waals surface area contributed by atoms with Crippen molar-refractivity contribution in [2.24, 2.45) is 11.8 Å². The first-order valence-electron chi connectivity index (χ1n) is 6.76. The molecule has 1 heteroatoms. The minimum atomic E-state index is 0.263. The maximum atomic E-state index is 12.1. The van der Waals surface area contributed by atoms with Crippen LogP contribution in [0.2, 0.25) is 0 Å². The Labute approximate surface area is 104 Å². The summed E-state index contributed by atoms with van der Waals surface area (Å²) >= 11 is 0. The molecule has 2 rings (SSSR count). The lowest BCUT2D eigenvalue weighted by atomic mass is 9.95. The zero-order chi connectivity index (χ0) is 12.3. The topological polar surface area (TPSA) is 17.1 Å². The van der Waals surface area contributed by atoms with Crippen molar-refractivity contribution in [3.63, 3.8) is 0 Å². The van der Waals surface area contributed by atoms with Gasteiger partial charge in [0.1, 0.15) is 5.78 Å². The summed E-state index contributed by atoms with van der Waals surface area (Å²) in [4.78, 5) is 12.1. The third kappa shape index (κ3) is 3.18. The highest BCUT2D eigenvalue weighted by atomic mass is 16.1. The van der Waals surface area contributed by atoms with Crippen molar-refractivity contribution in [3.05, 3.63) is 35.4 Å². The Morgan fingerprint density at radius 3 is 2.35 bits per heavy atom. The Morgan fingerprint density at radius 2 is 1.82 bits per heavy atom. The van der Waals surface area contributed by atoms with Crippen LogP contribution in [-0.4, -0.2) is 5.78 Å². The van der Waals surface area contributed by atoms with Gasteiger partial charge in [-0.25, -0.2) is 0 Å². The molecule has 0 aliphatic heterocycles. The van der Waals surface area contributed by atoms with Crippen LogP contribution in [0.5, 0.6) is 0 Å². The number of hydrogen-bond acceptors (Lipinski definition) is 1. The normalized spacial score (nSPS) is 15.2. The molecule has 1 aromatic rings. The number of ketones is 1. The molecule has 1 aliphatic rings. The van der Waals surface area contributed by atoms with Gasteiger partial charge in [0, 0.05) is 12.3 Å². The standard InChI is InChI=1S/C16H22O/c1-12(2)6-5-9-16(17)15-10-13-7-3-4-8-14(13)11-15/h3-4,7-8,12,15H,5-6,9-11H2,1-2H3. The third-order valence-electron chi connectivity index (χ3n) is 3.71. The monoisotopic (exact) mass is 230 g/mol. The van der Waals surface area contributed by atoms with Gasteiger partial charge in [-0.2, -0.15) is 0 Å². The number of carbonyl (C=O) groups excluding carboxylic acids is 1. The Hall–Kier alpha value is -1.11. The van der Waals surface area contributed by atoms with Crippen molar-refractivity contribution in [2.75, 3.05) is 0 Å². The maximum Gasteiger partial charge on any atom is 0.136 e. The van der Waals surface area contributed by atoms with Crippen LogP contribution in [0.1, 0.15) is 44.2 Å². The van der Waals surface area contributed by atoms with E-state index in [0.29, 0.717) is 11.7 Å². The molecular formula is C16H22O. The van der Waals surface area contributed by atoms with Crippen molar-refractivity contribution in [1.82, 2.24) is 0 Å². The van der Waals surface area contributed by atoms with E-state index < -0.39 is 0 Å². The molecule has 0 N–H and O–H groups in total. The summed E-state index contributed by atoms with van der Waals surface area (Å²) in [7, 11) is 0. The molecule has 92 valence electrons. The summed E-state index contributed by atoms with van der Waals surface area (Å²) in [6.45, 7) is 4.44. The van der Waals surface area contributed by atoms with E-state index in [1.165, 1.54) is 17.5 Å². The first-order valence-corrected chi connectivity index (χ1v) is 6.76. The largest absolute Gasteiger partial charge is 0.299 e. The van der Waals surface area contributed by atoms with Gasteiger partial charge in [0.25, 0.3) is 0 Å². The average Bonchev–Trinajstić information content (AvgIpc) is 2.71. The van der Waals surface area contributed by atoms with E-state index >= 15 is 0 Å². The molecule has 0 saturated carbocycles. The second kappa shape index (κ2) is 5.48. The van der Waals surface area contributed by atoms with Crippen molar-refractivity contribution < 1.29 is 4.79 Å². The van der Waals surface area contributed by atoms with Gasteiger partial charge >= 0.3 is 0 Å². The van der Waals surface area contributed by atoms with Gasteiger partial charge in [0.15, 0.2) is 0 Å². The lowest BCUT2D eigenvalue weighted by Gasteiger charge is -2.08. The lowest BCUT2D eigenvalue weighted by molar-refractivity contribution is -0.122. The molecule has 0 fully saturated rings. The Kier molecular flexibility index (Phi) is 3.98. The fourth-order valence-corrected chi connectivity index (χ4v) is 2.68. The molecule has 0 saturated heterocycles. The first kappa shape index (κ1) is 12.3. The second-order valence-electron chi connectivity index (χ2n) is 5.63. The quantitative estimate of drug-likeness (QED) is 0.752. The summed E-state index contributed by atoms with van der Waals surface area (Å²) in [5, 5.41) is 0. The van der Waals surface area contributed by atoms with Crippen LogP contribution in [0.3, 0.4) is 0 Å². The number of fused-ring (bicyclic) bond motifs is 1. The van der Waals surface area contributed by atoms with Crippen molar-refractivity contribution in [2.45, 2.75) is 46.0 Å². The highest BCUT2D eigenvalue weighted by molar-refractivity contribution is 5.82. The molecular weight excluding hydrogens is 208 g/mol. The van der Waals surface area contributed by atoms with E-state index in [1.807, 2.05) is 0 Å². The summed E-state index contributed by atoms with van der Waals surface area (Å²) in [5.41, 5.74) is 2.77. The molecule has 0 bridgehead atoms. The Bertz CT molecular complexity index is 367. The second-order valence-corrected chi connectivity index (χ2v) is 5.63. The molecule has 0 radical (unpaired) electrons. The van der Waals surface area contributed by atoms with Gasteiger partial charge in [0.05, 0.1) is 0 Å². The molecule has 0 heterocycles. The van der Waals surface area contributed by atoms with Gasteiger partial charge in [0.2, 0.25) is 0 Å². The van der Waals surface area contributed by atoms with Crippen LogP contribution in [-0.2, 0) is 17.6 Å². The summed E-state index contributed by atoms with van der Waals surface area (Å²) < 4.78 is 0. The Morgan fingerprint density at radius 1 is 1.24 bits per heavy atom. The fraction of sp³-hybridized carbons (Fsp3) is 0.562. The predicted octanol–water partition coefficient (Wildman–Crippen LogP) is 3.80. The van der Waals surface area contributed by atoms with Crippen LogP contribution in [0, 0.1) is 11.8 Å². The van der Waals surface area contributed by atoms with Crippen molar-refractivity contribution >= 4 is 5.78 Å². The molecule has 1 nitrogen and oxygen atoms in total. The predicted molar refractivity (Wildman–Crippen MR) is 71.0 cm³/mol. The third-order valence-corrected chi connectivity index (χ3v) is 3.71. The average molecular weight is 230 g/mol. The molecule has 0 unspecified atom stereocenters. The zero-order valence-corrected chi connectivity index (χ0v) is 10.9. The van der Waals surface area contributed by atoms with Crippen LogP contribution in [0.15, 0.2) is 24.3 Å². The summed E-state index contributed by atoms with van der Waals surface area (Å²) in [5.74, 6) is 1.45. The van der Waals surface area contributed by atoms with E-state index in [2.05, 4.69) is 38.1 Å². The molecule has 0 aromatic heterocycles. The van der Waals surface area contributed by atoms with Crippen LogP contribution < -0.4 is 0 Å². The molecule has 0 atom stereocenters. The van der Waals surface area contributed by atoms with Gasteiger partial charge in [-0.05, 0) is 36.3 Å². The number of rotatable bonds is 5. The fourth-order valence-electron chi connectivity index (χ4n) is 2.68.